The van der Waals surface area contributed by atoms with Crippen LogP contribution < -0.4 is 5.32 Å². The van der Waals surface area contributed by atoms with Gasteiger partial charge in [-0.3, -0.25) is 0 Å². The lowest BCUT2D eigenvalue weighted by Crippen LogP contribution is -2.14. The standard InChI is InChI=1S/C9H17BrClN/c10-6-3-1-2-4-8-12-9-5-7-11/h5,7,12H,1-4,6,8-9H2/b7-5+. The van der Waals surface area contributed by atoms with Crippen LogP contribution in [0.3, 0.4) is 0 Å². The molecule has 0 atom stereocenters. The molecule has 1 N–H and O–H groups in total. The van der Waals surface area contributed by atoms with Gasteiger partial charge in [0.25, 0.3) is 0 Å². The molecule has 0 unspecified atom stereocenters. The lowest BCUT2D eigenvalue weighted by atomic mass is 10.2. The second-order valence-electron chi connectivity index (χ2n) is 2.67. The molecule has 0 aliphatic carbocycles. The lowest BCUT2D eigenvalue weighted by molar-refractivity contribution is 0.623. The van der Waals surface area contributed by atoms with E-state index in [1.807, 2.05) is 6.08 Å². The summed E-state index contributed by atoms with van der Waals surface area (Å²) in [6, 6.07) is 0. The van der Waals surface area contributed by atoms with Gasteiger partial charge in [-0.1, -0.05) is 46.4 Å². The fraction of sp³-hybridized carbons (Fsp3) is 0.778. The molecule has 1 nitrogen and oxygen atoms in total. The third-order valence-electron chi connectivity index (χ3n) is 1.59. The van der Waals surface area contributed by atoms with Crippen molar-refractivity contribution in [3.8, 4) is 0 Å². The topological polar surface area (TPSA) is 12.0 Å². The lowest BCUT2D eigenvalue weighted by Gasteiger charge is -2.00. The molecule has 0 aliphatic heterocycles. The average Bonchev–Trinajstić information content (AvgIpc) is 2.10. The van der Waals surface area contributed by atoms with Crippen molar-refractivity contribution in [2.24, 2.45) is 0 Å². The van der Waals surface area contributed by atoms with Crippen LogP contribution in [-0.2, 0) is 0 Å². The highest BCUT2D eigenvalue weighted by molar-refractivity contribution is 9.09. The van der Waals surface area contributed by atoms with Gasteiger partial charge in [0.1, 0.15) is 0 Å². The van der Waals surface area contributed by atoms with Gasteiger partial charge in [0.05, 0.1) is 0 Å². The Morgan fingerprint density at radius 2 is 1.92 bits per heavy atom. The summed E-state index contributed by atoms with van der Waals surface area (Å²) in [6.45, 7) is 1.99. The summed E-state index contributed by atoms with van der Waals surface area (Å²) in [5.41, 5.74) is 1.55. The van der Waals surface area contributed by atoms with Crippen molar-refractivity contribution in [1.82, 2.24) is 5.32 Å². The Hall–Kier alpha value is 0.470. The molecule has 0 saturated heterocycles. The van der Waals surface area contributed by atoms with E-state index in [1.165, 1.54) is 25.7 Å². The van der Waals surface area contributed by atoms with E-state index >= 15 is 0 Å². The maximum atomic E-state index is 5.36. The van der Waals surface area contributed by atoms with Crippen LogP contribution in [0.2, 0.25) is 0 Å². The van der Waals surface area contributed by atoms with Gasteiger partial charge in [0, 0.05) is 17.4 Å². The van der Waals surface area contributed by atoms with Crippen LogP contribution in [-0.4, -0.2) is 18.4 Å². The van der Waals surface area contributed by atoms with E-state index in [4.69, 9.17) is 11.6 Å². The molecule has 0 rings (SSSR count). The smallest absolute Gasteiger partial charge is 0.0146 e. The molecule has 0 bridgehead atoms. The monoisotopic (exact) mass is 253 g/mol. The van der Waals surface area contributed by atoms with Crippen molar-refractivity contribution < 1.29 is 0 Å². The summed E-state index contributed by atoms with van der Waals surface area (Å²) in [6.07, 6.45) is 7.13. The minimum absolute atomic E-state index is 0.891. The summed E-state index contributed by atoms with van der Waals surface area (Å²) >= 11 is 8.77. The number of hydrogen-bond acceptors (Lipinski definition) is 1. The number of rotatable bonds is 8. The molecule has 0 aliphatic rings. The molecule has 0 heterocycles. The Kier molecular flexibility index (Phi) is 11.9. The second kappa shape index (κ2) is 11.5. The summed E-state index contributed by atoms with van der Waals surface area (Å²) in [4.78, 5) is 0. The van der Waals surface area contributed by atoms with Crippen molar-refractivity contribution in [2.45, 2.75) is 25.7 Å². The molecule has 72 valence electrons. The Morgan fingerprint density at radius 1 is 1.17 bits per heavy atom. The van der Waals surface area contributed by atoms with Crippen molar-refractivity contribution in [2.75, 3.05) is 18.4 Å². The molecule has 0 spiro atoms. The zero-order chi connectivity index (χ0) is 9.07. The summed E-state index contributed by atoms with van der Waals surface area (Å²) in [5.74, 6) is 0. The number of alkyl halides is 1. The van der Waals surface area contributed by atoms with E-state index in [0.717, 1.165) is 18.4 Å². The normalized spacial score (nSPS) is 11.2. The van der Waals surface area contributed by atoms with Crippen molar-refractivity contribution in [1.29, 1.82) is 0 Å². The molecule has 0 radical (unpaired) electrons. The van der Waals surface area contributed by atoms with Crippen molar-refractivity contribution in [3.05, 3.63) is 11.6 Å². The zero-order valence-electron chi connectivity index (χ0n) is 7.36. The Bertz CT molecular complexity index is 107. The number of halogens is 2. The predicted octanol–water partition coefficient (Wildman–Crippen LogP) is 3.28. The molecule has 12 heavy (non-hydrogen) atoms. The van der Waals surface area contributed by atoms with Crippen LogP contribution in [0.5, 0.6) is 0 Å². The minimum atomic E-state index is 0.891. The largest absolute Gasteiger partial charge is 0.313 e. The van der Waals surface area contributed by atoms with E-state index in [2.05, 4.69) is 21.2 Å². The molecule has 0 fully saturated rings. The quantitative estimate of drug-likeness (QED) is 0.518. The van der Waals surface area contributed by atoms with Crippen LogP contribution in [0.15, 0.2) is 11.6 Å². The van der Waals surface area contributed by atoms with Gasteiger partial charge in [0.2, 0.25) is 0 Å². The highest BCUT2D eigenvalue weighted by atomic mass is 79.9. The van der Waals surface area contributed by atoms with Crippen LogP contribution in [0, 0.1) is 0 Å². The van der Waals surface area contributed by atoms with Gasteiger partial charge in [-0.15, -0.1) is 0 Å². The first kappa shape index (κ1) is 12.5. The SMILES string of the molecule is Cl/C=C/CNCCCCCCBr. The second-order valence-corrected chi connectivity index (χ2v) is 3.71. The Balaban J connectivity index is 2.81. The summed E-state index contributed by atoms with van der Waals surface area (Å²) in [7, 11) is 0. The van der Waals surface area contributed by atoms with E-state index in [0.29, 0.717) is 0 Å². The molecular formula is C9H17BrClN. The van der Waals surface area contributed by atoms with Crippen LogP contribution in [0.1, 0.15) is 25.7 Å². The van der Waals surface area contributed by atoms with Crippen molar-refractivity contribution in [3.63, 3.8) is 0 Å². The molecule has 3 heteroatoms. The van der Waals surface area contributed by atoms with E-state index in [9.17, 15) is 0 Å². The maximum Gasteiger partial charge on any atom is 0.0146 e. The summed E-state index contributed by atoms with van der Waals surface area (Å²) < 4.78 is 0. The fourth-order valence-electron chi connectivity index (χ4n) is 0.928. The number of nitrogens with one attached hydrogen (secondary N) is 1. The van der Waals surface area contributed by atoms with Crippen LogP contribution >= 0.6 is 27.5 Å². The molecule has 0 aromatic carbocycles. The van der Waals surface area contributed by atoms with Gasteiger partial charge in [-0.25, -0.2) is 0 Å². The number of hydrogen-bond donors (Lipinski definition) is 1. The average molecular weight is 255 g/mol. The number of unbranched alkanes of at least 4 members (excludes halogenated alkanes) is 3. The molecule has 0 amide bonds. The highest BCUT2D eigenvalue weighted by Crippen LogP contribution is 2.00. The van der Waals surface area contributed by atoms with E-state index < -0.39 is 0 Å². The minimum Gasteiger partial charge on any atom is -0.313 e. The molecule has 0 aromatic heterocycles. The van der Waals surface area contributed by atoms with Crippen molar-refractivity contribution >= 4 is 27.5 Å². The maximum absolute atomic E-state index is 5.36. The third-order valence-corrected chi connectivity index (χ3v) is 2.33. The van der Waals surface area contributed by atoms with Gasteiger partial charge >= 0.3 is 0 Å². The van der Waals surface area contributed by atoms with Gasteiger partial charge in [0.15, 0.2) is 0 Å². The highest BCUT2D eigenvalue weighted by Gasteiger charge is 1.87. The predicted molar refractivity (Wildman–Crippen MR) is 60.1 cm³/mol. The van der Waals surface area contributed by atoms with Gasteiger partial charge in [-0.05, 0) is 19.4 Å². The Morgan fingerprint density at radius 3 is 2.58 bits per heavy atom. The molecule has 0 saturated carbocycles. The first-order valence-electron chi connectivity index (χ1n) is 4.43. The Labute approximate surface area is 88.7 Å². The van der Waals surface area contributed by atoms with Crippen LogP contribution in [0.4, 0.5) is 0 Å². The van der Waals surface area contributed by atoms with Gasteiger partial charge < -0.3 is 5.32 Å². The van der Waals surface area contributed by atoms with E-state index in [1.54, 1.807) is 5.54 Å². The van der Waals surface area contributed by atoms with Gasteiger partial charge in [-0.2, -0.15) is 0 Å². The molecular weight excluding hydrogens is 237 g/mol. The summed E-state index contributed by atoms with van der Waals surface area (Å²) in [5, 5.41) is 4.41. The van der Waals surface area contributed by atoms with E-state index in [-0.39, 0.29) is 0 Å². The van der Waals surface area contributed by atoms with Crippen LogP contribution in [0.25, 0.3) is 0 Å². The third kappa shape index (κ3) is 10.5. The first-order chi connectivity index (χ1) is 5.91. The first-order valence-corrected chi connectivity index (χ1v) is 5.99. The molecule has 0 aromatic rings. The fourth-order valence-corrected chi connectivity index (χ4v) is 1.41. The zero-order valence-corrected chi connectivity index (χ0v) is 9.70.